The standard InChI is InChI=1S/C13H13NO3/c1-9-3-4-12(16-2)11(7-9)14-13(15)10-5-6-17-8-10/h3-8H,1-2H3,(H,14,15). The van der Waals surface area contributed by atoms with Gasteiger partial charge in [-0.15, -0.1) is 0 Å². The van der Waals surface area contributed by atoms with Crippen molar-refractivity contribution in [2.45, 2.75) is 6.92 Å². The van der Waals surface area contributed by atoms with Gasteiger partial charge in [0.25, 0.3) is 5.91 Å². The fraction of sp³-hybridized carbons (Fsp3) is 0.154. The highest BCUT2D eigenvalue weighted by Crippen LogP contribution is 2.25. The molecule has 0 unspecified atom stereocenters. The van der Waals surface area contributed by atoms with Crippen LogP contribution in [0.4, 0.5) is 5.69 Å². The first-order valence-electron chi connectivity index (χ1n) is 5.19. The van der Waals surface area contributed by atoms with Crippen molar-refractivity contribution < 1.29 is 13.9 Å². The predicted molar refractivity (Wildman–Crippen MR) is 64.4 cm³/mol. The van der Waals surface area contributed by atoms with Gasteiger partial charge in [-0.05, 0) is 30.7 Å². The zero-order valence-electron chi connectivity index (χ0n) is 9.69. The van der Waals surface area contributed by atoms with Gasteiger partial charge in [-0.1, -0.05) is 6.07 Å². The zero-order chi connectivity index (χ0) is 12.3. The first-order chi connectivity index (χ1) is 8.20. The maximum atomic E-state index is 11.8. The minimum Gasteiger partial charge on any atom is -0.495 e. The van der Waals surface area contributed by atoms with Gasteiger partial charge in [0.05, 0.1) is 24.6 Å². The molecule has 0 spiro atoms. The van der Waals surface area contributed by atoms with Gasteiger partial charge in [-0.25, -0.2) is 0 Å². The van der Waals surface area contributed by atoms with Gasteiger partial charge >= 0.3 is 0 Å². The molecule has 2 rings (SSSR count). The number of aryl methyl sites for hydroxylation is 1. The minimum absolute atomic E-state index is 0.220. The molecule has 1 amide bonds. The van der Waals surface area contributed by atoms with Crippen LogP contribution < -0.4 is 10.1 Å². The van der Waals surface area contributed by atoms with Crippen molar-refractivity contribution in [1.82, 2.24) is 0 Å². The van der Waals surface area contributed by atoms with E-state index in [1.165, 1.54) is 12.5 Å². The van der Waals surface area contributed by atoms with E-state index in [1.54, 1.807) is 13.2 Å². The molecule has 4 nitrogen and oxygen atoms in total. The third-order valence-electron chi connectivity index (χ3n) is 2.39. The number of hydrogen-bond acceptors (Lipinski definition) is 3. The van der Waals surface area contributed by atoms with Crippen LogP contribution >= 0.6 is 0 Å². The highest BCUT2D eigenvalue weighted by Gasteiger charge is 2.10. The molecule has 1 aromatic heterocycles. The van der Waals surface area contributed by atoms with E-state index in [4.69, 9.17) is 9.15 Å². The van der Waals surface area contributed by atoms with Gasteiger partial charge < -0.3 is 14.5 Å². The lowest BCUT2D eigenvalue weighted by Crippen LogP contribution is -2.11. The number of furan rings is 1. The molecule has 0 aliphatic rings. The van der Waals surface area contributed by atoms with E-state index in [1.807, 2.05) is 25.1 Å². The van der Waals surface area contributed by atoms with Crippen LogP contribution in [0.3, 0.4) is 0 Å². The second-order valence-corrected chi connectivity index (χ2v) is 3.67. The number of hydrogen-bond donors (Lipinski definition) is 1. The van der Waals surface area contributed by atoms with Crippen molar-refractivity contribution in [2.24, 2.45) is 0 Å². The van der Waals surface area contributed by atoms with Crippen LogP contribution in [-0.4, -0.2) is 13.0 Å². The quantitative estimate of drug-likeness (QED) is 0.883. The summed E-state index contributed by atoms with van der Waals surface area (Å²) in [6.07, 6.45) is 2.86. The van der Waals surface area contributed by atoms with Crippen LogP contribution in [0, 0.1) is 6.92 Å². The van der Waals surface area contributed by atoms with Crippen molar-refractivity contribution >= 4 is 11.6 Å². The lowest BCUT2D eigenvalue weighted by atomic mass is 10.2. The Bertz CT molecular complexity index is 517. The average molecular weight is 231 g/mol. The maximum Gasteiger partial charge on any atom is 0.259 e. The Labute approximate surface area is 99.2 Å². The van der Waals surface area contributed by atoms with E-state index >= 15 is 0 Å². The number of amides is 1. The number of ether oxygens (including phenoxy) is 1. The third-order valence-corrected chi connectivity index (χ3v) is 2.39. The maximum absolute atomic E-state index is 11.8. The largest absolute Gasteiger partial charge is 0.495 e. The Morgan fingerprint density at radius 1 is 1.35 bits per heavy atom. The molecule has 0 radical (unpaired) electrons. The summed E-state index contributed by atoms with van der Waals surface area (Å²) in [7, 11) is 1.57. The molecule has 0 aliphatic heterocycles. The Morgan fingerprint density at radius 3 is 2.82 bits per heavy atom. The van der Waals surface area contributed by atoms with E-state index in [2.05, 4.69) is 5.32 Å². The monoisotopic (exact) mass is 231 g/mol. The Balaban J connectivity index is 2.23. The molecule has 0 saturated carbocycles. The second-order valence-electron chi connectivity index (χ2n) is 3.67. The summed E-state index contributed by atoms with van der Waals surface area (Å²) in [5.41, 5.74) is 2.18. The van der Waals surface area contributed by atoms with E-state index in [-0.39, 0.29) is 5.91 Å². The number of carbonyl (C=O) groups is 1. The molecule has 1 heterocycles. The lowest BCUT2D eigenvalue weighted by Gasteiger charge is -2.10. The Hall–Kier alpha value is -2.23. The molecule has 1 aromatic carbocycles. The van der Waals surface area contributed by atoms with Gasteiger partial charge in [0.15, 0.2) is 0 Å². The summed E-state index contributed by atoms with van der Waals surface area (Å²) in [4.78, 5) is 11.8. The van der Waals surface area contributed by atoms with E-state index < -0.39 is 0 Å². The molecular weight excluding hydrogens is 218 g/mol. The summed E-state index contributed by atoms with van der Waals surface area (Å²) < 4.78 is 10.0. The van der Waals surface area contributed by atoms with Gasteiger partial charge in [-0.2, -0.15) is 0 Å². The summed E-state index contributed by atoms with van der Waals surface area (Å²) in [6, 6.07) is 7.21. The Kier molecular flexibility index (Phi) is 3.14. The summed E-state index contributed by atoms with van der Waals surface area (Å²) >= 11 is 0. The lowest BCUT2D eigenvalue weighted by molar-refractivity contribution is 0.102. The first kappa shape index (κ1) is 11.3. The highest BCUT2D eigenvalue weighted by molar-refractivity contribution is 6.04. The first-order valence-corrected chi connectivity index (χ1v) is 5.19. The van der Waals surface area contributed by atoms with Crippen molar-refractivity contribution in [3.63, 3.8) is 0 Å². The van der Waals surface area contributed by atoms with Crippen LogP contribution in [0.25, 0.3) is 0 Å². The van der Waals surface area contributed by atoms with Crippen LogP contribution in [0.15, 0.2) is 41.2 Å². The van der Waals surface area contributed by atoms with Gasteiger partial charge in [0, 0.05) is 0 Å². The topological polar surface area (TPSA) is 51.5 Å². The minimum atomic E-state index is -0.220. The molecule has 1 N–H and O–H groups in total. The summed E-state index contributed by atoms with van der Waals surface area (Å²) in [6.45, 7) is 1.95. The van der Waals surface area contributed by atoms with Gasteiger partial charge in [0.1, 0.15) is 12.0 Å². The van der Waals surface area contributed by atoms with Crippen molar-refractivity contribution in [2.75, 3.05) is 12.4 Å². The van der Waals surface area contributed by atoms with Gasteiger partial charge in [0.2, 0.25) is 0 Å². The second kappa shape index (κ2) is 4.74. The van der Waals surface area contributed by atoms with E-state index in [9.17, 15) is 4.79 Å². The molecule has 0 aliphatic carbocycles. The number of methoxy groups -OCH3 is 1. The van der Waals surface area contributed by atoms with Crippen LogP contribution in [-0.2, 0) is 0 Å². The zero-order valence-corrected chi connectivity index (χ0v) is 9.69. The van der Waals surface area contributed by atoms with E-state index in [0.29, 0.717) is 17.0 Å². The van der Waals surface area contributed by atoms with E-state index in [0.717, 1.165) is 5.56 Å². The Morgan fingerprint density at radius 2 is 2.18 bits per heavy atom. The van der Waals surface area contributed by atoms with Gasteiger partial charge in [-0.3, -0.25) is 4.79 Å². The normalized spacial score (nSPS) is 10.0. The number of anilines is 1. The molecular formula is C13H13NO3. The smallest absolute Gasteiger partial charge is 0.259 e. The van der Waals surface area contributed by atoms with Crippen LogP contribution in [0.5, 0.6) is 5.75 Å². The van der Waals surface area contributed by atoms with Crippen LogP contribution in [0.2, 0.25) is 0 Å². The molecule has 0 atom stereocenters. The molecule has 0 fully saturated rings. The summed E-state index contributed by atoms with van der Waals surface area (Å²) in [5.74, 6) is 0.412. The number of nitrogens with one attached hydrogen (secondary N) is 1. The number of rotatable bonds is 3. The molecule has 4 heteroatoms. The van der Waals surface area contributed by atoms with Crippen molar-refractivity contribution in [1.29, 1.82) is 0 Å². The molecule has 88 valence electrons. The van der Waals surface area contributed by atoms with Crippen LogP contribution in [0.1, 0.15) is 15.9 Å². The predicted octanol–water partition coefficient (Wildman–Crippen LogP) is 2.85. The molecule has 0 bridgehead atoms. The fourth-order valence-corrected chi connectivity index (χ4v) is 1.51. The van der Waals surface area contributed by atoms with Crippen molar-refractivity contribution in [3.8, 4) is 5.75 Å². The third kappa shape index (κ3) is 2.47. The average Bonchev–Trinajstić information content (AvgIpc) is 2.83. The fourth-order valence-electron chi connectivity index (χ4n) is 1.51. The molecule has 0 saturated heterocycles. The molecule has 17 heavy (non-hydrogen) atoms. The highest BCUT2D eigenvalue weighted by atomic mass is 16.5. The summed E-state index contributed by atoms with van der Waals surface area (Å²) in [5, 5.41) is 2.78. The van der Waals surface area contributed by atoms with Crippen molar-refractivity contribution in [3.05, 3.63) is 47.9 Å². The molecule has 2 aromatic rings. The SMILES string of the molecule is COc1ccc(C)cc1NC(=O)c1ccoc1. The number of benzene rings is 1. The number of carbonyl (C=O) groups excluding carboxylic acids is 1.